The zero-order valence-electron chi connectivity index (χ0n) is 4.94. The average Bonchev–Trinajstić information content (AvgIpc) is 2.34. The van der Waals surface area contributed by atoms with Crippen molar-refractivity contribution in [2.75, 3.05) is 0 Å². The Morgan fingerprint density at radius 2 is 2.12 bits per heavy atom. The van der Waals surface area contributed by atoms with Gasteiger partial charge in [0.1, 0.15) is 5.60 Å². The maximum absolute atomic E-state index is 5.47. The molecule has 1 aliphatic carbocycles. The van der Waals surface area contributed by atoms with E-state index >= 15 is 0 Å². The number of ether oxygens (including phenoxy) is 1. The second kappa shape index (κ2) is 1.09. The van der Waals surface area contributed by atoms with Gasteiger partial charge in [0, 0.05) is 6.42 Å². The molecule has 0 bridgehead atoms. The second-order valence-corrected chi connectivity index (χ2v) is 2.82. The highest BCUT2D eigenvalue weighted by Gasteiger charge is 2.48. The van der Waals surface area contributed by atoms with Crippen molar-refractivity contribution >= 4 is 0 Å². The van der Waals surface area contributed by atoms with E-state index in [1.807, 2.05) is 0 Å². The van der Waals surface area contributed by atoms with Crippen molar-refractivity contribution in [1.82, 2.24) is 0 Å². The van der Waals surface area contributed by atoms with Gasteiger partial charge in [-0.05, 0) is 19.3 Å². The smallest absolute Gasteiger partial charge is 0.109 e. The van der Waals surface area contributed by atoms with Crippen molar-refractivity contribution in [2.45, 2.75) is 31.3 Å². The Bertz CT molecular complexity index is 133. The highest BCUT2D eigenvalue weighted by atomic mass is 16.5. The summed E-state index contributed by atoms with van der Waals surface area (Å²) in [4.78, 5) is 0. The van der Waals surface area contributed by atoms with E-state index in [1.165, 1.54) is 19.3 Å². The summed E-state index contributed by atoms with van der Waals surface area (Å²) in [6.07, 6.45) is 4.86. The molecule has 0 amide bonds. The van der Waals surface area contributed by atoms with Crippen molar-refractivity contribution in [3.05, 3.63) is 12.3 Å². The van der Waals surface area contributed by atoms with Crippen LogP contribution in [0.5, 0.6) is 0 Å². The van der Waals surface area contributed by atoms with Crippen molar-refractivity contribution in [3.63, 3.8) is 0 Å². The van der Waals surface area contributed by atoms with Crippen LogP contribution >= 0.6 is 0 Å². The van der Waals surface area contributed by atoms with Gasteiger partial charge in [-0.2, -0.15) is 0 Å². The van der Waals surface area contributed by atoms with Gasteiger partial charge in [-0.15, -0.1) is 0 Å². The Kier molecular flexibility index (Phi) is 0.605. The van der Waals surface area contributed by atoms with E-state index in [0.717, 1.165) is 12.2 Å². The maximum Gasteiger partial charge on any atom is 0.109 e. The minimum atomic E-state index is 0.317. The fraction of sp³-hybridized carbons (Fsp3) is 0.714. The van der Waals surface area contributed by atoms with E-state index < -0.39 is 0 Å². The monoisotopic (exact) mass is 110 g/mol. The lowest BCUT2D eigenvalue weighted by molar-refractivity contribution is 0.140. The molecule has 44 valence electrons. The Hall–Kier alpha value is -0.460. The second-order valence-electron chi connectivity index (χ2n) is 2.82. The third-order valence-electron chi connectivity index (χ3n) is 2.03. The highest BCUT2D eigenvalue weighted by molar-refractivity contribution is 5.07. The van der Waals surface area contributed by atoms with Gasteiger partial charge in [0.2, 0.25) is 0 Å². The number of allylic oxidation sites excluding steroid dienone is 1. The van der Waals surface area contributed by atoms with Crippen molar-refractivity contribution in [3.8, 4) is 0 Å². The van der Waals surface area contributed by atoms with E-state index in [9.17, 15) is 0 Å². The lowest BCUT2D eigenvalue weighted by Crippen LogP contribution is -2.01. The molecule has 1 saturated heterocycles. The van der Waals surface area contributed by atoms with E-state index in [-0.39, 0.29) is 0 Å². The van der Waals surface area contributed by atoms with Crippen LogP contribution in [0.15, 0.2) is 12.3 Å². The van der Waals surface area contributed by atoms with Crippen LogP contribution in [0.4, 0.5) is 0 Å². The van der Waals surface area contributed by atoms with Crippen LogP contribution in [0.25, 0.3) is 0 Å². The Labute approximate surface area is 49.3 Å². The molecule has 0 unspecified atom stereocenters. The van der Waals surface area contributed by atoms with Crippen molar-refractivity contribution in [2.24, 2.45) is 0 Å². The molecule has 0 N–H and O–H groups in total. The third kappa shape index (κ3) is 0.473. The lowest BCUT2D eigenvalue weighted by atomic mass is 10.2. The lowest BCUT2D eigenvalue weighted by Gasteiger charge is -2.03. The summed E-state index contributed by atoms with van der Waals surface area (Å²) in [6.45, 7) is 3.77. The van der Waals surface area contributed by atoms with Gasteiger partial charge in [0.25, 0.3) is 0 Å². The summed E-state index contributed by atoms with van der Waals surface area (Å²) in [5.74, 6) is 1.00. The minimum Gasteiger partial charge on any atom is -0.492 e. The summed E-state index contributed by atoms with van der Waals surface area (Å²) in [5.41, 5.74) is 0.317. The predicted molar refractivity (Wildman–Crippen MR) is 31.4 cm³/mol. The molecule has 0 aromatic heterocycles. The van der Waals surface area contributed by atoms with Gasteiger partial charge in [-0.25, -0.2) is 0 Å². The van der Waals surface area contributed by atoms with Crippen LogP contribution in [-0.2, 0) is 4.74 Å². The summed E-state index contributed by atoms with van der Waals surface area (Å²) < 4.78 is 5.47. The first kappa shape index (κ1) is 4.42. The first-order chi connectivity index (χ1) is 3.81. The van der Waals surface area contributed by atoms with Crippen LogP contribution < -0.4 is 0 Å². The highest BCUT2D eigenvalue weighted by Crippen LogP contribution is 2.50. The van der Waals surface area contributed by atoms with Gasteiger partial charge < -0.3 is 4.74 Å². The first-order valence-electron chi connectivity index (χ1n) is 3.18. The number of hydrogen-bond acceptors (Lipinski definition) is 1. The van der Waals surface area contributed by atoms with E-state index in [1.54, 1.807) is 0 Å². The fourth-order valence-electron chi connectivity index (χ4n) is 1.27. The molecule has 1 saturated carbocycles. The zero-order chi connectivity index (χ0) is 5.61. The molecule has 1 heterocycles. The molecule has 1 spiro atoms. The predicted octanol–water partition coefficient (Wildman–Crippen LogP) is 1.84. The van der Waals surface area contributed by atoms with Gasteiger partial charge >= 0.3 is 0 Å². The van der Waals surface area contributed by atoms with Crippen LogP contribution in [0.1, 0.15) is 25.7 Å². The summed E-state index contributed by atoms with van der Waals surface area (Å²) in [6, 6.07) is 0. The number of rotatable bonds is 0. The maximum atomic E-state index is 5.47. The van der Waals surface area contributed by atoms with Crippen LogP contribution in [0.2, 0.25) is 0 Å². The Morgan fingerprint density at radius 1 is 1.38 bits per heavy atom. The topological polar surface area (TPSA) is 9.23 Å². The molecule has 0 radical (unpaired) electrons. The Balaban J connectivity index is 2.13. The van der Waals surface area contributed by atoms with Crippen LogP contribution in [-0.4, -0.2) is 5.60 Å². The molecular formula is C7H10O. The molecule has 8 heavy (non-hydrogen) atoms. The summed E-state index contributed by atoms with van der Waals surface area (Å²) in [7, 11) is 0. The average molecular weight is 110 g/mol. The standard InChI is InChI=1S/C7H10O/c1-6-2-3-7(8-6)4-5-7/h1-5H2. The SMILES string of the molecule is C=C1CCC2(CC2)O1. The molecule has 0 aromatic rings. The Morgan fingerprint density at radius 3 is 2.38 bits per heavy atom. The van der Waals surface area contributed by atoms with Gasteiger partial charge in [-0.1, -0.05) is 6.58 Å². The van der Waals surface area contributed by atoms with Gasteiger partial charge in [0.05, 0.1) is 5.76 Å². The third-order valence-corrected chi connectivity index (χ3v) is 2.03. The molecule has 1 nitrogen and oxygen atoms in total. The summed E-state index contributed by atoms with van der Waals surface area (Å²) >= 11 is 0. The van der Waals surface area contributed by atoms with Gasteiger partial charge in [-0.3, -0.25) is 0 Å². The largest absolute Gasteiger partial charge is 0.492 e. The number of hydrogen-bond donors (Lipinski definition) is 0. The quantitative estimate of drug-likeness (QED) is 0.462. The molecule has 0 atom stereocenters. The van der Waals surface area contributed by atoms with E-state index in [0.29, 0.717) is 5.60 Å². The van der Waals surface area contributed by atoms with Gasteiger partial charge in [0.15, 0.2) is 0 Å². The molecule has 2 rings (SSSR count). The summed E-state index contributed by atoms with van der Waals surface area (Å²) in [5, 5.41) is 0. The van der Waals surface area contributed by atoms with Crippen molar-refractivity contribution < 1.29 is 4.74 Å². The molecule has 2 fully saturated rings. The molecule has 0 aromatic carbocycles. The molecule has 1 heteroatoms. The van der Waals surface area contributed by atoms with E-state index in [2.05, 4.69) is 6.58 Å². The van der Waals surface area contributed by atoms with E-state index in [4.69, 9.17) is 4.74 Å². The minimum absolute atomic E-state index is 0.317. The molecule has 1 aliphatic heterocycles. The van der Waals surface area contributed by atoms with Crippen LogP contribution in [0.3, 0.4) is 0 Å². The molecular weight excluding hydrogens is 100 g/mol. The van der Waals surface area contributed by atoms with Crippen molar-refractivity contribution in [1.29, 1.82) is 0 Å². The normalized spacial score (nSPS) is 30.8. The van der Waals surface area contributed by atoms with Crippen LogP contribution in [0, 0.1) is 0 Å². The fourth-order valence-corrected chi connectivity index (χ4v) is 1.27. The zero-order valence-corrected chi connectivity index (χ0v) is 4.94. The molecule has 2 aliphatic rings. The first-order valence-corrected chi connectivity index (χ1v) is 3.18.